The summed E-state index contributed by atoms with van der Waals surface area (Å²) in [6, 6.07) is 129. The van der Waals surface area contributed by atoms with Crippen LogP contribution in [-0.2, 0) is 79.3 Å². The first-order chi connectivity index (χ1) is 70.4. The van der Waals surface area contributed by atoms with E-state index in [9.17, 15) is 9.59 Å². The molecular weight excluding hydrogens is 2080 g/mol. The summed E-state index contributed by atoms with van der Waals surface area (Å²) in [7, 11) is 6.04. The van der Waals surface area contributed by atoms with E-state index < -0.39 is 50.1 Å². The molecule has 2 aliphatic carbocycles. The van der Waals surface area contributed by atoms with Gasteiger partial charge in [0, 0.05) is 77.8 Å². The van der Waals surface area contributed by atoms with E-state index in [1.165, 1.54) is 115 Å². The zero-order chi connectivity index (χ0) is 101. The number of nitrogens with one attached hydrogen (secondary N) is 2. The Morgan fingerprint density at radius 2 is 0.634 bits per heavy atom. The number of rotatable bonds is 31. The first kappa shape index (κ1) is 111. The maximum Gasteiger partial charge on any atom is 0.240 e. The number of amides is 2. The molecule has 0 radical (unpaired) electrons. The fourth-order valence-corrected chi connectivity index (χ4v) is 43.5. The third-order valence-electron chi connectivity index (χ3n) is 26.0. The van der Waals surface area contributed by atoms with Crippen molar-refractivity contribution in [1.29, 1.82) is 0 Å². The molecule has 145 heavy (non-hydrogen) atoms. The molecule has 0 bridgehead atoms. The first-order valence-electron chi connectivity index (χ1n) is 50.8. The van der Waals surface area contributed by atoms with Crippen molar-refractivity contribution >= 4 is 152 Å². The number of unbranched alkanes of at least 4 members (excludes halogenated alkanes) is 3. The van der Waals surface area contributed by atoms with Gasteiger partial charge in [-0.2, -0.15) is 0 Å². The van der Waals surface area contributed by atoms with Crippen LogP contribution in [0.5, 0.6) is 0 Å². The Morgan fingerprint density at radius 1 is 0.372 bits per heavy atom. The van der Waals surface area contributed by atoms with Gasteiger partial charge in [-0.15, -0.1) is 0 Å². The van der Waals surface area contributed by atoms with Crippen LogP contribution in [0.25, 0.3) is 11.5 Å². The Hall–Kier alpha value is -10.8. The Kier molecular flexibility index (Phi) is 44.6. The van der Waals surface area contributed by atoms with Crippen LogP contribution in [0, 0.1) is 0 Å². The van der Waals surface area contributed by atoms with Crippen LogP contribution in [0.15, 0.2) is 389 Å². The maximum absolute atomic E-state index is 12.6. The number of nitrogens with zero attached hydrogens (tertiary/aromatic N) is 10. The van der Waals surface area contributed by atoms with E-state index in [0.717, 1.165) is 91.2 Å². The summed E-state index contributed by atoms with van der Waals surface area (Å²) in [6.07, 6.45) is 23.9. The molecule has 12 aromatic carbocycles. The van der Waals surface area contributed by atoms with Crippen LogP contribution in [0.1, 0.15) is 121 Å². The van der Waals surface area contributed by atoms with Crippen molar-refractivity contribution < 1.29 is 39.5 Å². The average molecular weight is 2220 g/mol. The van der Waals surface area contributed by atoms with E-state index in [2.05, 4.69) is 428 Å². The van der Waals surface area contributed by atoms with Crippen molar-refractivity contribution in [2.45, 2.75) is 149 Å². The summed E-state index contributed by atoms with van der Waals surface area (Å²) in [5.41, 5.74) is 4.58. The van der Waals surface area contributed by atoms with Crippen molar-refractivity contribution in [2.24, 2.45) is 14.1 Å². The third-order valence-corrected chi connectivity index (χ3v) is 51.0. The first-order valence-corrected chi connectivity index (χ1v) is 64.0. The van der Waals surface area contributed by atoms with Crippen molar-refractivity contribution in [3.05, 3.63) is 417 Å². The van der Waals surface area contributed by atoms with Crippen molar-refractivity contribution in [3.63, 3.8) is 0 Å². The molecule has 752 valence electrons. The number of fused-ring (bicyclic) bond motifs is 2. The van der Waals surface area contributed by atoms with E-state index in [4.69, 9.17) is 36.0 Å². The second-order valence-corrected chi connectivity index (χ2v) is 59.9. The molecule has 0 spiro atoms. The number of ether oxygens (including phenoxy) is 2. The second-order valence-electron chi connectivity index (χ2n) is 37.6. The second kappa shape index (κ2) is 58.0. The van der Waals surface area contributed by atoms with E-state index in [1.807, 2.05) is 61.9 Å². The normalized spacial score (nSPS) is 14.6. The van der Waals surface area contributed by atoms with Gasteiger partial charge in [0.05, 0.1) is 49.4 Å². The quantitative estimate of drug-likeness (QED) is 0.0240. The smallest absolute Gasteiger partial charge is 0.240 e. The number of benzene rings is 12. The minimum Gasteiger partial charge on any atom is -0.379 e. The van der Waals surface area contributed by atoms with E-state index in [-0.39, 0.29) is 61.7 Å². The van der Waals surface area contributed by atoms with E-state index in [0.29, 0.717) is 32.3 Å². The molecule has 2 amide bonds. The fraction of sp³-hybridized carbons (Fsp3) is 0.279. The van der Waals surface area contributed by atoms with E-state index in [1.54, 1.807) is 10.0 Å². The van der Waals surface area contributed by atoms with Gasteiger partial charge in [-0.25, -0.2) is 24.9 Å². The minimum atomic E-state index is -2.21. The predicted octanol–water partition coefficient (Wildman–Crippen LogP) is 20.7. The Labute approximate surface area is 888 Å². The molecular formula is C122H139ClN12O4P4PdSn. The van der Waals surface area contributed by atoms with Gasteiger partial charge in [-0.1, -0.05) is 364 Å². The number of halogens is 1. The fourth-order valence-electron chi connectivity index (χ4n) is 18.6. The monoisotopic (exact) mass is 2220 g/mol. The number of likely N-dealkylation sites (N-methyl/N-ethyl adjacent to an activating group) is 2. The van der Waals surface area contributed by atoms with Crippen LogP contribution < -0.4 is 87.8 Å². The van der Waals surface area contributed by atoms with Gasteiger partial charge in [0.1, 0.15) is 17.3 Å². The van der Waals surface area contributed by atoms with Gasteiger partial charge in [0.15, 0.2) is 5.82 Å². The summed E-state index contributed by atoms with van der Waals surface area (Å²) in [6.45, 7) is 14.0. The minimum absolute atomic E-state index is 0. The van der Waals surface area contributed by atoms with Crippen molar-refractivity contribution in [3.8, 4) is 11.5 Å². The SMILES string of the molecule is CCC[CH2][Sn]([CH2]CCC)([CH2]CCC)[c]1cn(C)cn1.CN(CC(=O)NC1(C)CCOC1)c1nc(-c2cn(C)cn2)nc2c1CCC2.CN(CC(=O)NC1(C)CCOC1)c1nc(Cl)nc2c1CCC2.[Pd].c1ccc(P(c2ccccc2)c2ccccc2)cc1.c1ccc(P(c2ccccc2)c2ccccc2)cc1.c1ccc(P(c2ccccc2)c2ccccc2)cc1.c1ccc(P(c2ccccc2)c2ccccc2)cc1. The van der Waals surface area contributed by atoms with Crippen LogP contribution >= 0.6 is 43.3 Å². The summed E-state index contributed by atoms with van der Waals surface area (Å²) in [5, 5.41) is 23.2. The van der Waals surface area contributed by atoms with Crippen LogP contribution in [0.4, 0.5) is 11.6 Å². The summed E-state index contributed by atoms with van der Waals surface area (Å²) in [4.78, 5) is 55.9. The summed E-state index contributed by atoms with van der Waals surface area (Å²) in [5.74, 6) is 2.18. The standard InChI is InChI=1S/C19H26N6O2.4C18H15P.C15H21ClN4O2.C4H5N2.3C4H9.Pd.Sn/c1-19(7-8-27-11-19)23-16(26)10-25(3)18-13-5-4-6-14(13)21-17(22-18)15-9-24(2)12-20-15;4*1-4-10-16(11-5-1)19(17-12-6-2-7-13-17)18-14-8-3-9-15-18;1-15(6-7-22-9-15)19-12(21)8-20(2)13-10-4-3-5-11(10)17-14(16)18-13;1-6-3-2-5-4-6;3*1-3-4-2;;/h9,12H,4-8,10-11H2,1-3H3,(H,23,26);4*1-15H;3-9H2,1-2H3,(H,19,21);3-4H,1H3;3*1,3-4H2,2H3;;. The Bertz CT molecular complexity index is 5620. The number of hydrogen-bond donors (Lipinski definition) is 2. The molecule has 2 saturated heterocycles. The van der Waals surface area contributed by atoms with Gasteiger partial charge < -0.3 is 34.5 Å². The summed E-state index contributed by atoms with van der Waals surface area (Å²) < 4.78 is 20.9. The number of aromatic nitrogens is 8. The molecule has 4 aliphatic rings. The zero-order valence-electron chi connectivity index (χ0n) is 85.3. The van der Waals surface area contributed by atoms with Gasteiger partial charge in [-0.3, -0.25) is 9.59 Å². The molecule has 2 fully saturated rings. The maximum atomic E-state index is 12.6. The van der Waals surface area contributed by atoms with Crippen molar-refractivity contribution in [2.75, 3.05) is 63.4 Å². The molecule has 4 aromatic heterocycles. The number of anilines is 2. The number of carbonyl (C=O) groups excluding carboxylic acids is 2. The van der Waals surface area contributed by atoms with Gasteiger partial charge in [-0.05, 0) is 172 Å². The summed E-state index contributed by atoms with van der Waals surface area (Å²) >= 11 is 3.80. The molecule has 2 atom stereocenters. The molecule has 0 saturated carbocycles. The van der Waals surface area contributed by atoms with Gasteiger partial charge in [0.25, 0.3) is 0 Å². The van der Waals surface area contributed by atoms with Crippen molar-refractivity contribution in [1.82, 2.24) is 49.7 Å². The largest absolute Gasteiger partial charge is 0.379 e. The molecule has 2 aliphatic heterocycles. The molecule has 16 aromatic rings. The topological polar surface area (TPSA) is 170 Å². The van der Waals surface area contributed by atoms with Gasteiger partial charge >= 0.3 is 124 Å². The molecule has 20 rings (SSSR count). The van der Waals surface area contributed by atoms with E-state index >= 15 is 0 Å². The number of imidazole rings is 2. The Morgan fingerprint density at radius 3 is 0.876 bits per heavy atom. The Balaban J connectivity index is 0.000000142. The molecule has 16 nitrogen and oxygen atoms in total. The number of aryl methyl sites for hydroxylation is 4. The van der Waals surface area contributed by atoms with Gasteiger partial charge in [0.2, 0.25) is 17.1 Å². The predicted molar refractivity (Wildman–Crippen MR) is 614 cm³/mol. The number of hydrogen-bond acceptors (Lipinski definition) is 12. The van der Waals surface area contributed by atoms with Crippen LogP contribution in [0.3, 0.4) is 0 Å². The molecule has 2 N–H and O–H groups in total. The van der Waals surface area contributed by atoms with Crippen LogP contribution in [-0.4, -0.2) is 134 Å². The zero-order valence-corrected chi connectivity index (χ0v) is 94.0. The molecule has 23 heteroatoms. The molecule has 6 heterocycles. The molecule has 2 unspecified atom stereocenters. The van der Waals surface area contributed by atoms with Crippen LogP contribution in [0.2, 0.25) is 18.6 Å². The number of carbonyl (C=O) groups is 2. The third kappa shape index (κ3) is 32.8. The average Bonchev–Trinajstić information content (AvgIpc) is 1.63.